The predicted molar refractivity (Wildman–Crippen MR) is 127 cm³/mol. The van der Waals surface area contributed by atoms with Gasteiger partial charge in [-0.1, -0.05) is 23.7 Å². The van der Waals surface area contributed by atoms with Gasteiger partial charge in [-0.3, -0.25) is 4.79 Å². The molecular formula is C23H20ClN5O4S. The molecule has 0 spiro atoms. The first kappa shape index (κ1) is 22.3. The summed E-state index contributed by atoms with van der Waals surface area (Å²) >= 11 is 5.98. The van der Waals surface area contributed by atoms with Crippen molar-refractivity contribution >= 4 is 38.6 Å². The Kier molecular flexibility index (Phi) is 5.72. The highest BCUT2D eigenvalue weighted by Gasteiger charge is 2.32. The van der Waals surface area contributed by atoms with Crippen LogP contribution in [0.1, 0.15) is 10.4 Å². The summed E-state index contributed by atoms with van der Waals surface area (Å²) in [5.41, 5.74) is 3.34. The molecule has 1 amide bonds. The van der Waals surface area contributed by atoms with Gasteiger partial charge < -0.3 is 15.1 Å². The van der Waals surface area contributed by atoms with Crippen LogP contribution in [0.25, 0.3) is 22.2 Å². The zero-order valence-electron chi connectivity index (χ0n) is 17.9. The third-order valence-corrected chi connectivity index (χ3v) is 7.76. The predicted octanol–water partition coefficient (Wildman–Crippen LogP) is 2.66. The first-order valence-electron chi connectivity index (χ1n) is 10.6. The lowest BCUT2D eigenvalue weighted by Gasteiger charge is -2.33. The van der Waals surface area contributed by atoms with Gasteiger partial charge in [-0.15, -0.1) is 0 Å². The highest BCUT2D eigenvalue weighted by Crippen LogP contribution is 2.23. The van der Waals surface area contributed by atoms with E-state index in [2.05, 4.69) is 9.97 Å². The van der Waals surface area contributed by atoms with Crippen molar-refractivity contribution in [1.82, 2.24) is 19.2 Å². The summed E-state index contributed by atoms with van der Waals surface area (Å²) in [5.74, 6) is -0.160. The number of imidazole rings is 1. The number of nitrogens with one attached hydrogen (secondary N) is 1. The smallest absolute Gasteiger partial charge is 0.276 e. The Labute approximate surface area is 200 Å². The number of halogens is 1. The number of hydrogen-bond donors (Lipinski definition) is 1. The first-order chi connectivity index (χ1) is 16.3. The van der Waals surface area contributed by atoms with E-state index in [0.29, 0.717) is 26.3 Å². The van der Waals surface area contributed by atoms with Crippen LogP contribution < -0.4 is 4.73 Å². The molecule has 0 aliphatic carbocycles. The number of H-pyrrole nitrogens is 1. The average molecular weight is 498 g/mol. The molecule has 174 valence electrons. The van der Waals surface area contributed by atoms with E-state index in [1.165, 1.54) is 16.7 Å². The van der Waals surface area contributed by atoms with Gasteiger partial charge in [-0.2, -0.15) is 9.04 Å². The topological polar surface area (TPSA) is 113 Å². The fourth-order valence-electron chi connectivity index (χ4n) is 3.93. The molecular weight excluding hydrogens is 478 g/mol. The highest BCUT2D eigenvalue weighted by atomic mass is 35.5. The summed E-state index contributed by atoms with van der Waals surface area (Å²) in [6.07, 6.45) is 2.84. The Bertz CT molecular complexity index is 1460. The molecule has 1 aliphatic rings. The van der Waals surface area contributed by atoms with Crippen LogP contribution in [0.3, 0.4) is 0 Å². The minimum atomic E-state index is -3.83. The number of pyridine rings is 1. The normalized spacial score (nSPS) is 15.0. The Hall–Kier alpha value is -3.47. The van der Waals surface area contributed by atoms with Gasteiger partial charge >= 0.3 is 0 Å². The molecule has 0 unspecified atom stereocenters. The monoisotopic (exact) mass is 497 g/mol. The zero-order valence-corrected chi connectivity index (χ0v) is 19.5. The van der Waals surface area contributed by atoms with Crippen molar-refractivity contribution in [1.29, 1.82) is 0 Å². The highest BCUT2D eigenvalue weighted by molar-refractivity contribution is 7.89. The van der Waals surface area contributed by atoms with Crippen molar-refractivity contribution in [3.63, 3.8) is 0 Å². The molecule has 1 aliphatic heterocycles. The van der Waals surface area contributed by atoms with Crippen LogP contribution in [-0.2, 0) is 10.0 Å². The van der Waals surface area contributed by atoms with Crippen LogP contribution >= 0.6 is 11.6 Å². The maximum Gasteiger partial charge on any atom is 0.276 e. The number of benzene rings is 2. The van der Waals surface area contributed by atoms with Crippen LogP contribution in [0.4, 0.5) is 0 Å². The standard InChI is InChI=1S/C23H20ClN5O4S/c24-19-5-6-20-21(15-19)26-23(25-20)34(32,33)29-13-11-27(12-14-29)22(30)18-3-1-16(2-4-18)17-7-9-28(31)10-8-17/h1-10,15H,11-14H2,(H,25,26). The third-order valence-electron chi connectivity index (χ3n) is 5.80. The molecule has 0 atom stereocenters. The molecule has 1 fully saturated rings. The number of carbonyl (C=O) groups excluding carboxylic acids is 1. The second kappa shape index (κ2) is 8.71. The molecule has 5 rings (SSSR count). The Morgan fingerprint density at radius 2 is 1.62 bits per heavy atom. The molecule has 1 N–H and O–H groups in total. The van der Waals surface area contributed by atoms with Gasteiger partial charge in [-0.25, -0.2) is 13.4 Å². The van der Waals surface area contributed by atoms with Crippen molar-refractivity contribution < 1.29 is 17.9 Å². The summed E-state index contributed by atoms with van der Waals surface area (Å²) in [4.78, 5) is 21.6. The lowest BCUT2D eigenvalue weighted by molar-refractivity contribution is -0.605. The van der Waals surface area contributed by atoms with Gasteiger partial charge in [0, 0.05) is 48.9 Å². The molecule has 0 saturated carbocycles. The third kappa shape index (κ3) is 4.23. The fraction of sp³-hybridized carbons (Fsp3) is 0.174. The molecule has 2 aromatic heterocycles. The zero-order chi connectivity index (χ0) is 23.9. The number of fused-ring (bicyclic) bond motifs is 1. The minimum absolute atomic E-state index is 0.136. The molecule has 9 nitrogen and oxygen atoms in total. The number of aromatic nitrogens is 3. The summed E-state index contributed by atoms with van der Waals surface area (Å²) in [5, 5.41) is 11.6. The number of rotatable bonds is 4. The maximum absolute atomic E-state index is 13.1. The number of nitrogens with zero attached hydrogens (tertiary/aromatic N) is 4. The molecule has 11 heteroatoms. The van der Waals surface area contributed by atoms with E-state index in [-0.39, 0.29) is 37.2 Å². The number of piperazine rings is 1. The summed E-state index contributed by atoms with van der Waals surface area (Å²) in [6, 6.07) is 15.5. The number of sulfonamides is 1. The van der Waals surface area contributed by atoms with Crippen LogP contribution in [-0.4, -0.2) is 59.7 Å². The number of hydrogen-bond acceptors (Lipinski definition) is 5. The molecule has 2 aromatic carbocycles. The average Bonchev–Trinajstić information content (AvgIpc) is 3.28. The number of amides is 1. The lowest BCUT2D eigenvalue weighted by Crippen LogP contribution is -2.50. The largest absolute Gasteiger partial charge is 0.619 e. The minimum Gasteiger partial charge on any atom is -0.619 e. The van der Waals surface area contributed by atoms with Crippen molar-refractivity contribution in [3.8, 4) is 11.1 Å². The molecule has 34 heavy (non-hydrogen) atoms. The van der Waals surface area contributed by atoms with E-state index in [1.807, 2.05) is 12.1 Å². The van der Waals surface area contributed by atoms with Gasteiger partial charge in [0.05, 0.1) is 11.0 Å². The fourth-order valence-corrected chi connectivity index (χ4v) is 5.44. The van der Waals surface area contributed by atoms with Crippen LogP contribution in [0.15, 0.2) is 72.1 Å². The van der Waals surface area contributed by atoms with Gasteiger partial charge in [0.25, 0.3) is 15.9 Å². The van der Waals surface area contributed by atoms with Crippen molar-refractivity contribution in [2.75, 3.05) is 26.2 Å². The van der Waals surface area contributed by atoms with E-state index in [4.69, 9.17) is 11.6 Å². The summed E-state index contributed by atoms with van der Waals surface area (Å²) in [6.45, 7) is 0.883. The van der Waals surface area contributed by atoms with E-state index >= 15 is 0 Å². The van der Waals surface area contributed by atoms with E-state index in [9.17, 15) is 18.4 Å². The van der Waals surface area contributed by atoms with Crippen LogP contribution in [0, 0.1) is 5.21 Å². The number of carbonyl (C=O) groups is 1. The Morgan fingerprint density at radius 3 is 2.29 bits per heavy atom. The van der Waals surface area contributed by atoms with Gasteiger partial charge in [0.15, 0.2) is 12.4 Å². The molecule has 0 bridgehead atoms. The summed E-state index contributed by atoms with van der Waals surface area (Å²) in [7, 11) is -3.83. The molecule has 0 radical (unpaired) electrons. The molecule has 3 heterocycles. The number of aromatic amines is 1. The van der Waals surface area contributed by atoms with E-state index in [1.54, 1.807) is 47.4 Å². The van der Waals surface area contributed by atoms with Gasteiger partial charge in [0.2, 0.25) is 5.16 Å². The van der Waals surface area contributed by atoms with E-state index < -0.39 is 10.0 Å². The molecule has 1 saturated heterocycles. The van der Waals surface area contributed by atoms with Crippen LogP contribution in [0.5, 0.6) is 0 Å². The Balaban J connectivity index is 1.26. The second-order valence-corrected chi connectivity index (χ2v) is 10.2. The second-order valence-electron chi connectivity index (χ2n) is 7.92. The first-order valence-corrected chi connectivity index (χ1v) is 12.4. The molecule has 4 aromatic rings. The van der Waals surface area contributed by atoms with E-state index in [0.717, 1.165) is 11.1 Å². The Morgan fingerprint density at radius 1 is 0.971 bits per heavy atom. The van der Waals surface area contributed by atoms with Crippen molar-refractivity contribution in [3.05, 3.63) is 82.8 Å². The van der Waals surface area contributed by atoms with Gasteiger partial charge in [0.1, 0.15) is 0 Å². The van der Waals surface area contributed by atoms with Gasteiger partial charge in [-0.05, 0) is 41.5 Å². The van der Waals surface area contributed by atoms with Crippen molar-refractivity contribution in [2.45, 2.75) is 5.16 Å². The lowest BCUT2D eigenvalue weighted by atomic mass is 10.0. The quantitative estimate of drug-likeness (QED) is 0.344. The SMILES string of the molecule is O=C(c1ccc(-c2cc[n+]([O-])cc2)cc1)N1CCN(S(=O)(=O)c2nc3ccc(Cl)cc3[nH]2)CC1. The van der Waals surface area contributed by atoms with Crippen LogP contribution in [0.2, 0.25) is 5.02 Å². The summed E-state index contributed by atoms with van der Waals surface area (Å²) < 4.78 is 28.2. The maximum atomic E-state index is 13.1. The van der Waals surface area contributed by atoms with Crippen molar-refractivity contribution in [2.24, 2.45) is 0 Å².